The maximum atomic E-state index is 14.9. The maximum Gasteiger partial charge on any atom is 0.201 e. The topological polar surface area (TPSA) is 9.23 Å². The Morgan fingerprint density at radius 3 is 1.74 bits per heavy atom. The molecule has 0 aliphatic heterocycles. The Balaban J connectivity index is 1.57. The SMILES string of the molecule is CCOc1ccc(/C=C/c2ccc(-c3ccc(-c4ccc(C)cc4)c(F)c3F)cc2)c(F)c1F. The van der Waals surface area contributed by atoms with Crippen LogP contribution in [0.3, 0.4) is 0 Å². The van der Waals surface area contributed by atoms with Gasteiger partial charge in [-0.25, -0.2) is 13.2 Å². The molecule has 34 heavy (non-hydrogen) atoms. The zero-order valence-electron chi connectivity index (χ0n) is 18.7. The van der Waals surface area contributed by atoms with E-state index in [0.29, 0.717) is 16.7 Å². The monoisotopic (exact) mass is 462 g/mol. The summed E-state index contributed by atoms with van der Waals surface area (Å²) < 4.78 is 63.0. The number of aryl methyl sites for hydroxylation is 1. The van der Waals surface area contributed by atoms with Crippen molar-refractivity contribution in [2.75, 3.05) is 6.61 Å². The van der Waals surface area contributed by atoms with Gasteiger partial charge in [0.05, 0.1) is 6.61 Å². The average molecular weight is 462 g/mol. The summed E-state index contributed by atoms with van der Waals surface area (Å²) in [6, 6.07) is 19.8. The van der Waals surface area contributed by atoms with Crippen molar-refractivity contribution in [3.05, 3.63) is 113 Å². The van der Waals surface area contributed by atoms with E-state index in [9.17, 15) is 17.6 Å². The van der Waals surface area contributed by atoms with E-state index in [1.165, 1.54) is 18.2 Å². The van der Waals surface area contributed by atoms with Crippen LogP contribution in [0, 0.1) is 30.2 Å². The molecule has 0 amide bonds. The molecule has 0 radical (unpaired) electrons. The quantitative estimate of drug-likeness (QED) is 0.206. The Morgan fingerprint density at radius 2 is 1.18 bits per heavy atom. The molecule has 172 valence electrons. The molecule has 4 rings (SSSR count). The molecule has 0 bridgehead atoms. The van der Waals surface area contributed by atoms with Gasteiger partial charge in [-0.2, -0.15) is 4.39 Å². The fourth-order valence-corrected chi connectivity index (χ4v) is 3.63. The van der Waals surface area contributed by atoms with E-state index in [2.05, 4.69) is 0 Å². The van der Waals surface area contributed by atoms with Crippen LogP contribution in [0.4, 0.5) is 17.6 Å². The minimum atomic E-state index is -1.04. The predicted octanol–water partition coefficient (Wildman–Crippen LogP) is 8.45. The first kappa shape index (κ1) is 23.3. The summed E-state index contributed by atoms with van der Waals surface area (Å²) >= 11 is 0. The molecule has 0 saturated heterocycles. The van der Waals surface area contributed by atoms with E-state index in [1.54, 1.807) is 61.5 Å². The van der Waals surface area contributed by atoms with Crippen molar-refractivity contribution in [2.45, 2.75) is 13.8 Å². The smallest absolute Gasteiger partial charge is 0.201 e. The van der Waals surface area contributed by atoms with E-state index < -0.39 is 23.3 Å². The average Bonchev–Trinajstić information content (AvgIpc) is 2.84. The van der Waals surface area contributed by atoms with E-state index in [1.807, 2.05) is 19.1 Å². The van der Waals surface area contributed by atoms with Gasteiger partial charge in [-0.1, -0.05) is 78.4 Å². The Morgan fingerprint density at radius 1 is 0.618 bits per heavy atom. The van der Waals surface area contributed by atoms with Gasteiger partial charge < -0.3 is 4.74 Å². The van der Waals surface area contributed by atoms with Crippen LogP contribution in [-0.2, 0) is 0 Å². The zero-order chi connectivity index (χ0) is 24.2. The molecule has 0 aromatic heterocycles. The number of hydrogen-bond acceptors (Lipinski definition) is 1. The first-order valence-corrected chi connectivity index (χ1v) is 10.8. The predicted molar refractivity (Wildman–Crippen MR) is 128 cm³/mol. The molecule has 0 aliphatic carbocycles. The third kappa shape index (κ3) is 4.74. The van der Waals surface area contributed by atoms with Crippen LogP contribution < -0.4 is 4.74 Å². The summed E-state index contributed by atoms with van der Waals surface area (Å²) in [4.78, 5) is 0. The molecular weight excluding hydrogens is 440 g/mol. The molecule has 0 atom stereocenters. The number of rotatable bonds is 6. The van der Waals surface area contributed by atoms with Gasteiger partial charge in [0.15, 0.2) is 23.2 Å². The van der Waals surface area contributed by atoms with Gasteiger partial charge in [0, 0.05) is 16.7 Å². The molecule has 0 heterocycles. The molecule has 0 unspecified atom stereocenters. The van der Waals surface area contributed by atoms with Crippen molar-refractivity contribution in [3.8, 4) is 28.0 Å². The molecule has 4 aromatic rings. The standard InChI is InChI=1S/C29H22F4O/c1-3-34-25-17-14-22(26(30)29(25)33)13-8-19-6-11-21(12-7-19)24-16-15-23(27(31)28(24)32)20-9-4-18(2)5-10-20/h4-17H,3H2,1-2H3/b13-8+. The maximum absolute atomic E-state index is 14.9. The van der Waals surface area contributed by atoms with Crippen molar-refractivity contribution in [3.63, 3.8) is 0 Å². The lowest BCUT2D eigenvalue weighted by Gasteiger charge is -2.10. The normalized spacial score (nSPS) is 11.2. The highest BCUT2D eigenvalue weighted by atomic mass is 19.2. The van der Waals surface area contributed by atoms with Gasteiger partial charge in [-0.15, -0.1) is 0 Å². The number of hydrogen-bond donors (Lipinski definition) is 0. The van der Waals surface area contributed by atoms with E-state index in [4.69, 9.17) is 4.74 Å². The van der Waals surface area contributed by atoms with Crippen molar-refractivity contribution in [2.24, 2.45) is 0 Å². The molecule has 0 saturated carbocycles. The molecule has 5 heteroatoms. The number of ether oxygens (including phenoxy) is 1. The fraction of sp³-hybridized carbons (Fsp3) is 0.103. The molecule has 1 nitrogen and oxygen atoms in total. The largest absolute Gasteiger partial charge is 0.491 e. The van der Waals surface area contributed by atoms with Crippen LogP contribution in [0.2, 0.25) is 0 Å². The summed E-state index contributed by atoms with van der Waals surface area (Å²) in [5.74, 6) is -3.99. The van der Waals surface area contributed by atoms with Gasteiger partial charge in [0.1, 0.15) is 0 Å². The van der Waals surface area contributed by atoms with Crippen molar-refractivity contribution >= 4 is 12.2 Å². The summed E-state index contributed by atoms with van der Waals surface area (Å²) in [5, 5.41) is 0. The minimum absolute atomic E-state index is 0.0739. The first-order chi connectivity index (χ1) is 16.4. The van der Waals surface area contributed by atoms with Crippen molar-refractivity contribution < 1.29 is 22.3 Å². The Bertz CT molecular complexity index is 1340. The Labute approximate surface area is 196 Å². The minimum Gasteiger partial charge on any atom is -0.491 e. The molecular formula is C29H22F4O. The highest BCUT2D eigenvalue weighted by Crippen LogP contribution is 2.32. The van der Waals surface area contributed by atoms with E-state index in [-0.39, 0.29) is 29.0 Å². The van der Waals surface area contributed by atoms with Gasteiger partial charge in [0.25, 0.3) is 0 Å². The van der Waals surface area contributed by atoms with Crippen LogP contribution >= 0.6 is 0 Å². The van der Waals surface area contributed by atoms with Gasteiger partial charge >= 0.3 is 0 Å². The summed E-state index contributed by atoms with van der Waals surface area (Å²) in [6.07, 6.45) is 3.05. The van der Waals surface area contributed by atoms with Crippen LogP contribution in [0.5, 0.6) is 5.75 Å². The van der Waals surface area contributed by atoms with E-state index >= 15 is 0 Å². The third-order valence-electron chi connectivity index (χ3n) is 5.50. The summed E-state index contributed by atoms with van der Waals surface area (Å²) in [6.45, 7) is 3.85. The van der Waals surface area contributed by atoms with Crippen LogP contribution in [-0.4, -0.2) is 6.61 Å². The third-order valence-corrected chi connectivity index (χ3v) is 5.50. The second-order valence-corrected chi connectivity index (χ2v) is 7.82. The highest BCUT2D eigenvalue weighted by Gasteiger charge is 2.16. The van der Waals surface area contributed by atoms with Crippen LogP contribution in [0.1, 0.15) is 23.6 Å². The van der Waals surface area contributed by atoms with Crippen LogP contribution in [0.15, 0.2) is 72.8 Å². The Hall–Kier alpha value is -3.86. The second kappa shape index (κ2) is 9.96. The number of halogens is 4. The molecule has 0 aliphatic rings. The van der Waals surface area contributed by atoms with Gasteiger partial charge in [0.2, 0.25) is 5.82 Å². The first-order valence-electron chi connectivity index (χ1n) is 10.8. The lowest BCUT2D eigenvalue weighted by atomic mass is 9.97. The fourth-order valence-electron chi connectivity index (χ4n) is 3.63. The van der Waals surface area contributed by atoms with E-state index in [0.717, 1.165) is 5.56 Å². The van der Waals surface area contributed by atoms with Gasteiger partial charge in [-0.3, -0.25) is 0 Å². The van der Waals surface area contributed by atoms with Gasteiger partial charge in [-0.05, 0) is 42.7 Å². The Kier molecular flexibility index (Phi) is 6.82. The molecule has 0 fully saturated rings. The van der Waals surface area contributed by atoms with Crippen molar-refractivity contribution in [1.29, 1.82) is 0 Å². The number of benzene rings is 4. The molecule has 4 aromatic carbocycles. The summed E-state index contributed by atoms with van der Waals surface area (Å²) in [7, 11) is 0. The lowest BCUT2D eigenvalue weighted by Crippen LogP contribution is -1.98. The second-order valence-electron chi connectivity index (χ2n) is 7.82. The highest BCUT2D eigenvalue weighted by molar-refractivity contribution is 5.75. The van der Waals surface area contributed by atoms with Crippen LogP contribution in [0.25, 0.3) is 34.4 Å². The van der Waals surface area contributed by atoms with Crippen molar-refractivity contribution in [1.82, 2.24) is 0 Å². The molecule has 0 N–H and O–H groups in total. The summed E-state index contributed by atoms with van der Waals surface area (Å²) in [5.41, 5.74) is 3.24. The zero-order valence-corrected chi connectivity index (χ0v) is 18.7. The molecule has 0 spiro atoms. The lowest BCUT2D eigenvalue weighted by molar-refractivity contribution is 0.314.